The molecule has 2 aromatic rings. The van der Waals surface area contributed by atoms with E-state index < -0.39 is 6.04 Å². The molecule has 8 nitrogen and oxygen atoms in total. The summed E-state index contributed by atoms with van der Waals surface area (Å²) in [5.74, 6) is 0.415. The van der Waals surface area contributed by atoms with E-state index in [9.17, 15) is 9.59 Å². The van der Waals surface area contributed by atoms with E-state index in [-0.39, 0.29) is 18.2 Å². The van der Waals surface area contributed by atoms with Gasteiger partial charge in [0.2, 0.25) is 11.8 Å². The van der Waals surface area contributed by atoms with Crippen molar-refractivity contribution in [1.82, 2.24) is 19.8 Å². The largest absolute Gasteiger partial charge is 0.496 e. The minimum absolute atomic E-state index is 0.0434. The van der Waals surface area contributed by atoms with Crippen molar-refractivity contribution in [2.75, 3.05) is 33.4 Å². The highest BCUT2D eigenvalue weighted by Crippen LogP contribution is 2.19. The van der Waals surface area contributed by atoms with Gasteiger partial charge in [-0.15, -0.1) is 0 Å². The number of imidazole rings is 1. The molecule has 1 saturated heterocycles. The Morgan fingerprint density at radius 1 is 1.30 bits per heavy atom. The average molecular weight is 372 g/mol. The summed E-state index contributed by atoms with van der Waals surface area (Å²) in [6.45, 7) is 2.44. The van der Waals surface area contributed by atoms with Crippen molar-refractivity contribution in [2.24, 2.45) is 0 Å². The Morgan fingerprint density at radius 3 is 2.78 bits per heavy atom. The van der Waals surface area contributed by atoms with E-state index in [0.717, 1.165) is 5.56 Å². The van der Waals surface area contributed by atoms with E-state index in [1.54, 1.807) is 35.3 Å². The van der Waals surface area contributed by atoms with Crippen LogP contribution in [0.5, 0.6) is 5.75 Å². The van der Waals surface area contributed by atoms with Crippen molar-refractivity contribution in [3.8, 4) is 5.75 Å². The van der Waals surface area contributed by atoms with E-state index in [0.29, 0.717) is 38.6 Å². The summed E-state index contributed by atoms with van der Waals surface area (Å²) >= 11 is 0. The van der Waals surface area contributed by atoms with Gasteiger partial charge in [-0.3, -0.25) is 9.59 Å². The second-order valence-corrected chi connectivity index (χ2v) is 6.26. The van der Waals surface area contributed by atoms with Crippen LogP contribution < -0.4 is 10.1 Å². The normalized spacial score (nSPS) is 15.2. The van der Waals surface area contributed by atoms with Crippen LogP contribution in [0.4, 0.5) is 0 Å². The first-order chi connectivity index (χ1) is 13.2. The third-order valence-corrected chi connectivity index (χ3v) is 4.54. The minimum atomic E-state index is -0.622. The number of benzene rings is 1. The molecule has 0 bridgehead atoms. The van der Waals surface area contributed by atoms with E-state index in [1.165, 1.54) is 0 Å². The third-order valence-electron chi connectivity index (χ3n) is 4.54. The van der Waals surface area contributed by atoms with E-state index in [2.05, 4.69) is 10.3 Å². The van der Waals surface area contributed by atoms with Crippen LogP contribution in [0.1, 0.15) is 18.0 Å². The number of methoxy groups -OCH3 is 1. The molecule has 1 aliphatic rings. The molecule has 8 heteroatoms. The lowest BCUT2D eigenvalue weighted by Crippen LogP contribution is -2.45. The quantitative estimate of drug-likeness (QED) is 0.784. The molecule has 0 unspecified atom stereocenters. The van der Waals surface area contributed by atoms with Gasteiger partial charge < -0.3 is 24.3 Å². The number of morpholine rings is 1. The molecule has 3 rings (SSSR count). The van der Waals surface area contributed by atoms with Gasteiger partial charge >= 0.3 is 0 Å². The summed E-state index contributed by atoms with van der Waals surface area (Å²) in [6, 6.07) is 6.88. The Kier molecular flexibility index (Phi) is 6.43. The molecule has 2 heterocycles. The van der Waals surface area contributed by atoms with Gasteiger partial charge in [0.25, 0.3) is 0 Å². The van der Waals surface area contributed by atoms with Crippen LogP contribution in [0.25, 0.3) is 0 Å². The Bertz CT molecular complexity index is 757. The fourth-order valence-corrected chi connectivity index (χ4v) is 3.06. The van der Waals surface area contributed by atoms with Gasteiger partial charge in [0, 0.05) is 37.6 Å². The van der Waals surface area contributed by atoms with Crippen molar-refractivity contribution in [2.45, 2.75) is 19.0 Å². The third kappa shape index (κ3) is 4.85. The Balaban J connectivity index is 1.65. The standard InChI is InChI=1S/C19H24N4O4/c1-26-17-5-3-2-4-15(17)13-21-18(24)12-16(23-7-6-20-14-23)19(25)22-8-10-27-11-9-22/h2-7,14,16H,8-13H2,1H3,(H,21,24)/t16-/m1/s1. The number of carbonyl (C=O) groups is 2. The number of amides is 2. The molecule has 2 amide bonds. The number of aromatic nitrogens is 2. The van der Waals surface area contributed by atoms with E-state index in [4.69, 9.17) is 9.47 Å². The molecule has 0 spiro atoms. The molecule has 0 aliphatic carbocycles. The molecule has 1 aromatic carbocycles. The maximum atomic E-state index is 12.9. The Hall–Kier alpha value is -2.87. The molecule has 27 heavy (non-hydrogen) atoms. The van der Waals surface area contributed by atoms with Gasteiger partial charge in [0.15, 0.2) is 0 Å². The fraction of sp³-hybridized carbons (Fsp3) is 0.421. The molecular weight excluding hydrogens is 348 g/mol. The first-order valence-electron chi connectivity index (χ1n) is 8.91. The Labute approximate surface area is 158 Å². The summed E-state index contributed by atoms with van der Waals surface area (Å²) < 4.78 is 12.3. The van der Waals surface area contributed by atoms with Crippen molar-refractivity contribution in [3.63, 3.8) is 0 Å². The van der Waals surface area contributed by atoms with Gasteiger partial charge in [-0.25, -0.2) is 4.98 Å². The minimum Gasteiger partial charge on any atom is -0.496 e. The SMILES string of the molecule is COc1ccccc1CNC(=O)C[C@H](C(=O)N1CCOCC1)n1ccnc1. The molecule has 1 atom stereocenters. The van der Waals surface area contributed by atoms with Crippen LogP contribution in [0.3, 0.4) is 0 Å². The Morgan fingerprint density at radius 2 is 2.07 bits per heavy atom. The number of ether oxygens (including phenoxy) is 2. The predicted octanol–water partition coefficient (Wildman–Crippen LogP) is 0.998. The van der Waals surface area contributed by atoms with Crippen LogP contribution in [-0.4, -0.2) is 59.7 Å². The second-order valence-electron chi connectivity index (χ2n) is 6.26. The summed E-state index contributed by atoms with van der Waals surface area (Å²) in [6.07, 6.45) is 4.92. The van der Waals surface area contributed by atoms with Crippen molar-refractivity contribution in [1.29, 1.82) is 0 Å². The number of hydrogen-bond donors (Lipinski definition) is 1. The van der Waals surface area contributed by atoms with Gasteiger partial charge in [-0.2, -0.15) is 0 Å². The molecule has 1 fully saturated rings. The van der Waals surface area contributed by atoms with Crippen LogP contribution in [-0.2, 0) is 20.9 Å². The number of nitrogens with one attached hydrogen (secondary N) is 1. The molecular formula is C19H24N4O4. The average Bonchev–Trinajstić information content (AvgIpc) is 3.25. The number of rotatable bonds is 7. The lowest BCUT2D eigenvalue weighted by atomic mass is 10.1. The molecule has 0 radical (unpaired) electrons. The highest BCUT2D eigenvalue weighted by Gasteiger charge is 2.29. The predicted molar refractivity (Wildman–Crippen MR) is 98.1 cm³/mol. The van der Waals surface area contributed by atoms with Crippen LogP contribution in [0.2, 0.25) is 0 Å². The first kappa shape index (κ1) is 18.9. The van der Waals surface area contributed by atoms with Gasteiger partial charge in [0.05, 0.1) is 33.1 Å². The van der Waals surface area contributed by atoms with Crippen molar-refractivity contribution < 1.29 is 19.1 Å². The highest BCUT2D eigenvalue weighted by molar-refractivity contribution is 5.87. The second kappa shape index (κ2) is 9.18. The maximum absolute atomic E-state index is 12.9. The van der Waals surface area contributed by atoms with Crippen LogP contribution >= 0.6 is 0 Å². The van der Waals surface area contributed by atoms with Crippen LogP contribution in [0, 0.1) is 0 Å². The summed E-state index contributed by atoms with van der Waals surface area (Å²) in [5.41, 5.74) is 0.882. The number of nitrogens with zero attached hydrogens (tertiary/aromatic N) is 3. The number of para-hydroxylation sites is 1. The van der Waals surface area contributed by atoms with Crippen LogP contribution in [0.15, 0.2) is 43.0 Å². The molecule has 0 saturated carbocycles. The first-order valence-corrected chi connectivity index (χ1v) is 8.91. The zero-order chi connectivity index (χ0) is 19.1. The van der Waals surface area contributed by atoms with Gasteiger partial charge in [-0.05, 0) is 6.07 Å². The molecule has 1 N–H and O–H groups in total. The highest BCUT2D eigenvalue weighted by atomic mass is 16.5. The van der Waals surface area contributed by atoms with Gasteiger partial charge in [-0.1, -0.05) is 18.2 Å². The van der Waals surface area contributed by atoms with Crippen molar-refractivity contribution >= 4 is 11.8 Å². The lowest BCUT2D eigenvalue weighted by Gasteiger charge is -2.30. The number of hydrogen-bond acceptors (Lipinski definition) is 5. The summed E-state index contributed by atoms with van der Waals surface area (Å²) in [7, 11) is 1.59. The summed E-state index contributed by atoms with van der Waals surface area (Å²) in [5, 5.41) is 2.88. The smallest absolute Gasteiger partial charge is 0.246 e. The molecule has 1 aliphatic heterocycles. The number of carbonyl (C=O) groups excluding carboxylic acids is 2. The summed E-state index contributed by atoms with van der Waals surface area (Å²) in [4.78, 5) is 31.2. The monoisotopic (exact) mass is 372 g/mol. The van der Waals surface area contributed by atoms with Crippen molar-refractivity contribution in [3.05, 3.63) is 48.5 Å². The molecule has 1 aromatic heterocycles. The fourth-order valence-electron chi connectivity index (χ4n) is 3.06. The zero-order valence-corrected chi connectivity index (χ0v) is 15.3. The van der Waals surface area contributed by atoms with E-state index >= 15 is 0 Å². The lowest BCUT2D eigenvalue weighted by molar-refractivity contribution is -0.141. The van der Waals surface area contributed by atoms with E-state index in [1.807, 2.05) is 24.3 Å². The maximum Gasteiger partial charge on any atom is 0.246 e. The van der Waals surface area contributed by atoms with Gasteiger partial charge in [0.1, 0.15) is 11.8 Å². The topological polar surface area (TPSA) is 85.7 Å². The molecule has 144 valence electrons. The zero-order valence-electron chi connectivity index (χ0n) is 15.3.